The van der Waals surface area contributed by atoms with Crippen molar-refractivity contribution in [2.75, 3.05) is 6.61 Å². The van der Waals surface area contributed by atoms with Gasteiger partial charge in [-0.05, 0) is 49.6 Å². The maximum atomic E-state index is 14.5. The molecule has 5 heteroatoms. The predicted molar refractivity (Wildman–Crippen MR) is 119 cm³/mol. The lowest BCUT2D eigenvalue weighted by Crippen LogP contribution is -2.50. The van der Waals surface area contributed by atoms with Crippen molar-refractivity contribution in [3.8, 4) is 0 Å². The summed E-state index contributed by atoms with van der Waals surface area (Å²) in [5.74, 6) is 0. The molecule has 0 aliphatic rings. The fraction of sp³-hybridized carbons (Fsp3) is 0.250. The van der Waals surface area contributed by atoms with Crippen LogP contribution in [0.25, 0.3) is 0 Å². The topological polar surface area (TPSA) is 69.6 Å². The minimum absolute atomic E-state index is 0.00301. The van der Waals surface area contributed by atoms with E-state index in [1.165, 1.54) is 0 Å². The van der Waals surface area contributed by atoms with Crippen LogP contribution in [0.15, 0.2) is 91.0 Å². The molecule has 0 aliphatic heterocycles. The average Bonchev–Trinajstić information content (AvgIpc) is 2.79. The lowest BCUT2D eigenvalue weighted by Gasteiger charge is -2.39. The Labute approximate surface area is 172 Å². The Morgan fingerprint density at radius 3 is 1.76 bits per heavy atom. The third-order valence-electron chi connectivity index (χ3n) is 5.30. The number of benzene rings is 3. The second-order valence-electron chi connectivity index (χ2n) is 7.34. The minimum Gasteiger partial charge on any atom is -0.396 e. The summed E-state index contributed by atoms with van der Waals surface area (Å²) in [7, 11) is -3.27. The van der Waals surface area contributed by atoms with E-state index in [9.17, 15) is 14.8 Å². The van der Waals surface area contributed by atoms with Crippen LogP contribution < -0.4 is 15.7 Å². The van der Waals surface area contributed by atoms with Crippen molar-refractivity contribution < 1.29 is 14.8 Å². The summed E-state index contributed by atoms with van der Waals surface area (Å²) >= 11 is 0. The molecule has 0 bridgehead atoms. The summed E-state index contributed by atoms with van der Waals surface area (Å²) in [5.41, 5.74) is -0.130. The van der Waals surface area contributed by atoms with E-state index in [1.807, 2.05) is 97.9 Å². The molecular weight excluding hydrogens is 381 g/mol. The van der Waals surface area contributed by atoms with Crippen molar-refractivity contribution in [3.05, 3.63) is 96.6 Å². The summed E-state index contributed by atoms with van der Waals surface area (Å²) in [6.07, 6.45) is 0.0165. The van der Waals surface area contributed by atoms with Crippen molar-refractivity contribution >= 4 is 17.9 Å². The van der Waals surface area contributed by atoms with Gasteiger partial charge in [0.25, 0.3) is 0 Å². The van der Waals surface area contributed by atoms with Gasteiger partial charge in [0.15, 0.2) is 0 Å². The molecule has 0 aromatic heterocycles. The summed E-state index contributed by atoms with van der Waals surface area (Å²) in [4.78, 5) is 0. The van der Waals surface area contributed by atoms with Crippen molar-refractivity contribution in [1.29, 1.82) is 0 Å². The highest BCUT2D eigenvalue weighted by molar-refractivity contribution is 7.77. The first-order valence-electron chi connectivity index (χ1n) is 9.86. The molecule has 0 unspecified atom stereocenters. The van der Waals surface area contributed by atoms with Gasteiger partial charge in [-0.15, -0.1) is 0 Å². The zero-order chi connectivity index (χ0) is 20.7. The molecule has 0 fully saturated rings. The number of nitrogens with one attached hydrogen (secondary N) is 1. The van der Waals surface area contributed by atoms with Gasteiger partial charge in [0.2, 0.25) is 7.29 Å². The molecule has 152 valence electrons. The molecule has 0 heterocycles. The van der Waals surface area contributed by atoms with Crippen molar-refractivity contribution in [3.63, 3.8) is 0 Å². The molecule has 0 amide bonds. The largest absolute Gasteiger partial charge is 0.396 e. The highest BCUT2D eigenvalue weighted by atomic mass is 31.2. The van der Waals surface area contributed by atoms with Crippen LogP contribution in [-0.4, -0.2) is 22.9 Å². The number of aliphatic hydroxyl groups excluding tert-OH is 2. The average molecular weight is 409 g/mol. The fourth-order valence-electron chi connectivity index (χ4n) is 3.57. The standard InChI is InChI=1S/C24H28NO3P/c1-24(23(27)18-11-19-26,20-12-5-2-6-13-20)25-29(28,21-14-7-3-8-15-21)22-16-9-4-10-17-22/h2-10,12-17,23,26-27H,11,18-19H2,1H3,(H,25,28)/t23-,24+/m0/s1. The van der Waals surface area contributed by atoms with Crippen LogP contribution >= 0.6 is 7.29 Å². The second-order valence-corrected chi connectivity index (χ2v) is 9.82. The quantitative estimate of drug-likeness (QED) is 0.473. The molecule has 4 nitrogen and oxygen atoms in total. The maximum absolute atomic E-state index is 14.5. The third kappa shape index (κ3) is 4.68. The monoisotopic (exact) mass is 409 g/mol. The molecule has 0 saturated heterocycles. The molecule has 3 aromatic rings. The highest BCUT2D eigenvalue weighted by Crippen LogP contribution is 2.45. The first-order valence-corrected chi connectivity index (χ1v) is 11.6. The van der Waals surface area contributed by atoms with E-state index < -0.39 is 18.9 Å². The van der Waals surface area contributed by atoms with Crippen LogP contribution in [0.2, 0.25) is 0 Å². The fourth-order valence-corrected chi connectivity index (χ4v) is 6.24. The van der Waals surface area contributed by atoms with E-state index in [2.05, 4.69) is 5.09 Å². The van der Waals surface area contributed by atoms with Crippen LogP contribution in [0.4, 0.5) is 0 Å². The van der Waals surface area contributed by atoms with Gasteiger partial charge in [-0.3, -0.25) is 4.57 Å². The lowest BCUT2D eigenvalue weighted by atomic mass is 9.85. The number of hydrogen-bond acceptors (Lipinski definition) is 3. The van der Waals surface area contributed by atoms with Gasteiger partial charge in [-0.1, -0.05) is 66.7 Å². The van der Waals surface area contributed by atoms with Gasteiger partial charge in [0, 0.05) is 17.2 Å². The van der Waals surface area contributed by atoms with Crippen LogP contribution in [0.5, 0.6) is 0 Å². The molecule has 29 heavy (non-hydrogen) atoms. The molecular formula is C24H28NO3P. The van der Waals surface area contributed by atoms with E-state index in [4.69, 9.17) is 0 Å². The number of aliphatic hydroxyl groups is 2. The van der Waals surface area contributed by atoms with Crippen LogP contribution in [0.1, 0.15) is 25.3 Å². The normalized spacial score (nSPS) is 14.9. The van der Waals surface area contributed by atoms with Gasteiger partial charge in [-0.25, -0.2) is 5.09 Å². The Morgan fingerprint density at radius 1 is 0.862 bits per heavy atom. The molecule has 3 aromatic carbocycles. The Bertz CT molecular complexity index is 891. The predicted octanol–water partition coefficient (Wildman–Crippen LogP) is 3.55. The zero-order valence-corrected chi connectivity index (χ0v) is 17.5. The summed E-state index contributed by atoms with van der Waals surface area (Å²) in [6.45, 7) is 1.87. The van der Waals surface area contributed by atoms with Gasteiger partial charge in [0.05, 0.1) is 11.6 Å². The Kier molecular flexibility index (Phi) is 7.05. The third-order valence-corrected chi connectivity index (χ3v) is 8.14. The van der Waals surface area contributed by atoms with Crippen LogP contribution in [0, 0.1) is 0 Å². The summed E-state index contributed by atoms with van der Waals surface area (Å²) < 4.78 is 14.5. The van der Waals surface area contributed by atoms with Crippen molar-refractivity contribution in [2.45, 2.75) is 31.4 Å². The van der Waals surface area contributed by atoms with E-state index >= 15 is 0 Å². The first kappa shape index (κ1) is 21.5. The van der Waals surface area contributed by atoms with E-state index in [0.717, 1.165) is 5.56 Å². The molecule has 3 rings (SSSR count). The smallest absolute Gasteiger partial charge is 0.205 e. The molecule has 0 aliphatic carbocycles. The van der Waals surface area contributed by atoms with Crippen molar-refractivity contribution in [2.24, 2.45) is 0 Å². The summed E-state index contributed by atoms with van der Waals surface area (Å²) in [6, 6.07) is 28.3. The van der Waals surface area contributed by atoms with Gasteiger partial charge in [0.1, 0.15) is 0 Å². The van der Waals surface area contributed by atoms with Gasteiger partial charge < -0.3 is 10.2 Å². The second kappa shape index (κ2) is 9.51. The molecule has 0 spiro atoms. The molecule has 0 saturated carbocycles. The maximum Gasteiger partial charge on any atom is 0.205 e. The Hall–Kier alpha value is -2.23. The minimum atomic E-state index is -3.27. The van der Waals surface area contributed by atoms with Crippen molar-refractivity contribution in [1.82, 2.24) is 5.09 Å². The molecule has 2 atom stereocenters. The summed E-state index contributed by atoms with van der Waals surface area (Å²) in [5, 5.41) is 25.1. The number of rotatable bonds is 9. The van der Waals surface area contributed by atoms with Gasteiger partial charge in [-0.2, -0.15) is 0 Å². The van der Waals surface area contributed by atoms with E-state index in [-0.39, 0.29) is 6.61 Å². The Morgan fingerprint density at radius 2 is 1.31 bits per heavy atom. The molecule has 3 N–H and O–H groups in total. The highest BCUT2D eigenvalue weighted by Gasteiger charge is 2.42. The zero-order valence-electron chi connectivity index (χ0n) is 16.6. The van der Waals surface area contributed by atoms with E-state index in [0.29, 0.717) is 23.5 Å². The van der Waals surface area contributed by atoms with Crippen LogP contribution in [-0.2, 0) is 10.1 Å². The number of hydrogen-bond donors (Lipinski definition) is 3. The van der Waals surface area contributed by atoms with Crippen LogP contribution in [0.3, 0.4) is 0 Å². The SMILES string of the molecule is C[C@@](NP(=O)(c1ccccc1)c1ccccc1)(c1ccccc1)[C@@H](O)CCCO. The van der Waals surface area contributed by atoms with E-state index in [1.54, 1.807) is 0 Å². The molecule has 0 radical (unpaired) electrons. The Balaban J connectivity index is 2.12. The van der Waals surface area contributed by atoms with Gasteiger partial charge >= 0.3 is 0 Å². The first-order chi connectivity index (χ1) is 14.0. The lowest BCUT2D eigenvalue weighted by molar-refractivity contribution is 0.0676.